The fraction of sp³-hybridized carbons (Fsp3) is 0.429. The van der Waals surface area contributed by atoms with Crippen molar-refractivity contribution in [2.45, 2.75) is 13.3 Å². The molecule has 0 aliphatic rings. The van der Waals surface area contributed by atoms with Crippen molar-refractivity contribution in [1.82, 2.24) is 10.2 Å². The molecule has 1 amide bonds. The van der Waals surface area contributed by atoms with Crippen LogP contribution in [0.3, 0.4) is 0 Å². The minimum atomic E-state index is -0.374. The Bertz CT molecular complexity index is 427. The zero-order chi connectivity index (χ0) is 14.3. The van der Waals surface area contributed by atoms with Crippen LogP contribution in [0.15, 0.2) is 24.3 Å². The molecule has 1 N–H and O–H groups in total. The Kier molecular flexibility index (Phi) is 6.02. The smallest absolute Gasteiger partial charge is 0.308 e. The van der Waals surface area contributed by atoms with E-state index in [1.54, 1.807) is 24.3 Å². The lowest BCUT2D eigenvalue weighted by Gasteiger charge is -2.10. The Morgan fingerprint density at radius 2 is 1.84 bits per heavy atom. The van der Waals surface area contributed by atoms with E-state index in [2.05, 4.69) is 10.2 Å². The van der Waals surface area contributed by atoms with E-state index in [0.717, 1.165) is 13.0 Å². The third kappa shape index (κ3) is 6.01. The fourth-order valence-electron chi connectivity index (χ4n) is 1.54. The SMILES string of the molecule is CC(=O)Oc1ccc(C(=O)NCCCN(C)C)cc1. The van der Waals surface area contributed by atoms with Crippen LogP contribution >= 0.6 is 0 Å². The third-order valence-corrected chi connectivity index (χ3v) is 2.45. The summed E-state index contributed by atoms with van der Waals surface area (Å²) in [7, 11) is 3.99. The van der Waals surface area contributed by atoms with Crippen molar-refractivity contribution >= 4 is 11.9 Å². The van der Waals surface area contributed by atoms with Crippen molar-refractivity contribution in [1.29, 1.82) is 0 Å². The van der Waals surface area contributed by atoms with Gasteiger partial charge in [-0.2, -0.15) is 0 Å². The van der Waals surface area contributed by atoms with Crippen molar-refractivity contribution in [2.75, 3.05) is 27.2 Å². The maximum Gasteiger partial charge on any atom is 0.308 e. The summed E-state index contributed by atoms with van der Waals surface area (Å²) in [5.74, 6) is -0.0503. The zero-order valence-corrected chi connectivity index (χ0v) is 11.6. The van der Waals surface area contributed by atoms with Crippen LogP contribution in [0.2, 0.25) is 0 Å². The largest absolute Gasteiger partial charge is 0.427 e. The van der Waals surface area contributed by atoms with Crippen molar-refractivity contribution < 1.29 is 14.3 Å². The van der Waals surface area contributed by atoms with Crippen molar-refractivity contribution in [3.05, 3.63) is 29.8 Å². The first-order valence-electron chi connectivity index (χ1n) is 6.20. The first kappa shape index (κ1) is 15.2. The molecule has 0 fully saturated rings. The molecule has 1 aromatic rings. The zero-order valence-electron chi connectivity index (χ0n) is 11.6. The molecule has 5 heteroatoms. The van der Waals surface area contributed by atoms with Gasteiger partial charge in [-0.15, -0.1) is 0 Å². The summed E-state index contributed by atoms with van der Waals surface area (Å²) in [6.45, 7) is 2.92. The van der Waals surface area contributed by atoms with E-state index in [-0.39, 0.29) is 11.9 Å². The number of benzene rings is 1. The molecule has 0 unspecified atom stereocenters. The molecule has 1 rings (SSSR count). The highest BCUT2D eigenvalue weighted by Crippen LogP contribution is 2.12. The first-order valence-corrected chi connectivity index (χ1v) is 6.20. The molecule has 0 saturated heterocycles. The van der Waals surface area contributed by atoms with Gasteiger partial charge in [-0.25, -0.2) is 0 Å². The van der Waals surface area contributed by atoms with Gasteiger partial charge in [0.15, 0.2) is 0 Å². The highest BCUT2D eigenvalue weighted by atomic mass is 16.5. The molecule has 19 heavy (non-hydrogen) atoms. The highest BCUT2D eigenvalue weighted by Gasteiger charge is 2.05. The average Bonchev–Trinajstić information content (AvgIpc) is 2.34. The number of nitrogens with zero attached hydrogens (tertiary/aromatic N) is 1. The number of carbonyl (C=O) groups excluding carboxylic acids is 2. The Balaban J connectivity index is 2.42. The molecule has 0 heterocycles. The van der Waals surface area contributed by atoms with E-state index in [4.69, 9.17) is 4.74 Å². The van der Waals surface area contributed by atoms with Crippen LogP contribution in [0.1, 0.15) is 23.7 Å². The van der Waals surface area contributed by atoms with E-state index in [0.29, 0.717) is 17.9 Å². The lowest BCUT2D eigenvalue weighted by Crippen LogP contribution is -2.27. The summed E-state index contributed by atoms with van der Waals surface area (Å²) < 4.78 is 4.90. The number of ether oxygens (including phenoxy) is 1. The molecule has 0 spiro atoms. The maximum atomic E-state index is 11.8. The second kappa shape index (κ2) is 7.53. The average molecular weight is 264 g/mol. The van der Waals surface area contributed by atoms with Gasteiger partial charge in [-0.05, 0) is 51.3 Å². The van der Waals surface area contributed by atoms with E-state index in [1.807, 2.05) is 14.1 Å². The predicted octanol–water partition coefficient (Wildman–Crippen LogP) is 1.29. The molecular formula is C14H20N2O3. The maximum absolute atomic E-state index is 11.8. The normalized spacial score (nSPS) is 10.3. The standard InChI is InChI=1S/C14H20N2O3/c1-11(17)19-13-7-5-12(6-8-13)14(18)15-9-4-10-16(2)3/h5-8H,4,9-10H2,1-3H3,(H,15,18). The van der Waals surface area contributed by atoms with E-state index in [9.17, 15) is 9.59 Å². The molecule has 1 aromatic carbocycles. The van der Waals surface area contributed by atoms with E-state index in [1.165, 1.54) is 6.92 Å². The predicted molar refractivity (Wildman–Crippen MR) is 73.3 cm³/mol. The van der Waals surface area contributed by atoms with Crippen molar-refractivity contribution in [2.24, 2.45) is 0 Å². The van der Waals surface area contributed by atoms with Crippen LogP contribution < -0.4 is 10.1 Å². The van der Waals surface area contributed by atoms with Gasteiger partial charge in [0.05, 0.1) is 0 Å². The van der Waals surface area contributed by atoms with Crippen LogP contribution in [-0.2, 0) is 4.79 Å². The lowest BCUT2D eigenvalue weighted by atomic mass is 10.2. The fourth-order valence-corrected chi connectivity index (χ4v) is 1.54. The van der Waals surface area contributed by atoms with Gasteiger partial charge in [0.1, 0.15) is 5.75 Å². The minimum absolute atomic E-state index is 0.117. The van der Waals surface area contributed by atoms with E-state index < -0.39 is 0 Å². The molecule has 104 valence electrons. The van der Waals surface area contributed by atoms with Gasteiger partial charge in [0.25, 0.3) is 5.91 Å². The van der Waals surface area contributed by atoms with Crippen LogP contribution in [0.5, 0.6) is 5.75 Å². The van der Waals surface area contributed by atoms with Gasteiger partial charge in [0.2, 0.25) is 0 Å². The highest BCUT2D eigenvalue weighted by molar-refractivity contribution is 5.94. The molecule has 0 aromatic heterocycles. The number of carbonyl (C=O) groups is 2. The number of hydrogen-bond donors (Lipinski definition) is 1. The Morgan fingerprint density at radius 1 is 1.21 bits per heavy atom. The van der Waals surface area contributed by atoms with Crippen molar-refractivity contribution in [3.8, 4) is 5.75 Å². The van der Waals surface area contributed by atoms with Crippen LogP contribution in [0.4, 0.5) is 0 Å². The number of nitrogens with one attached hydrogen (secondary N) is 1. The number of hydrogen-bond acceptors (Lipinski definition) is 4. The van der Waals surface area contributed by atoms with Gasteiger partial charge < -0.3 is 15.0 Å². The monoisotopic (exact) mass is 264 g/mol. The van der Waals surface area contributed by atoms with Gasteiger partial charge in [0, 0.05) is 19.0 Å². The quantitative estimate of drug-likeness (QED) is 0.478. The topological polar surface area (TPSA) is 58.6 Å². The first-order chi connectivity index (χ1) is 8.99. The lowest BCUT2D eigenvalue weighted by molar-refractivity contribution is -0.131. The summed E-state index contributed by atoms with van der Waals surface area (Å²) >= 11 is 0. The Hall–Kier alpha value is -1.88. The molecule has 0 aliphatic carbocycles. The van der Waals surface area contributed by atoms with Crippen LogP contribution in [-0.4, -0.2) is 44.0 Å². The minimum Gasteiger partial charge on any atom is -0.427 e. The number of rotatable bonds is 6. The second-order valence-corrected chi connectivity index (χ2v) is 4.53. The Labute approximate surface area is 113 Å². The molecule has 0 bridgehead atoms. The summed E-state index contributed by atoms with van der Waals surface area (Å²) in [6, 6.07) is 6.49. The van der Waals surface area contributed by atoms with Crippen LogP contribution in [0, 0.1) is 0 Å². The van der Waals surface area contributed by atoms with Crippen molar-refractivity contribution in [3.63, 3.8) is 0 Å². The summed E-state index contributed by atoms with van der Waals surface area (Å²) in [4.78, 5) is 24.6. The Morgan fingerprint density at radius 3 is 2.37 bits per heavy atom. The molecule has 5 nitrogen and oxygen atoms in total. The molecular weight excluding hydrogens is 244 g/mol. The van der Waals surface area contributed by atoms with Gasteiger partial charge in [-0.3, -0.25) is 9.59 Å². The second-order valence-electron chi connectivity index (χ2n) is 4.53. The molecule has 0 atom stereocenters. The van der Waals surface area contributed by atoms with Gasteiger partial charge in [-0.1, -0.05) is 0 Å². The van der Waals surface area contributed by atoms with Gasteiger partial charge >= 0.3 is 5.97 Å². The molecule has 0 radical (unpaired) electrons. The molecule has 0 saturated carbocycles. The summed E-state index contributed by atoms with van der Waals surface area (Å²) in [5, 5.41) is 2.84. The number of esters is 1. The summed E-state index contributed by atoms with van der Waals surface area (Å²) in [5.41, 5.74) is 0.556. The third-order valence-electron chi connectivity index (χ3n) is 2.45. The summed E-state index contributed by atoms with van der Waals surface area (Å²) in [6.07, 6.45) is 0.907. The van der Waals surface area contributed by atoms with E-state index >= 15 is 0 Å². The van der Waals surface area contributed by atoms with Crippen LogP contribution in [0.25, 0.3) is 0 Å². The molecule has 0 aliphatic heterocycles. The number of amides is 1.